The van der Waals surface area contributed by atoms with Gasteiger partial charge in [-0.2, -0.15) is 0 Å². The summed E-state index contributed by atoms with van der Waals surface area (Å²) >= 11 is 0.286. The fraction of sp³-hybridized carbons (Fsp3) is 0.875. The lowest BCUT2D eigenvalue weighted by Crippen LogP contribution is -2.00. The second-order valence-corrected chi connectivity index (χ2v) is 5.70. The van der Waals surface area contributed by atoms with Crippen LogP contribution < -0.4 is 0 Å². The highest BCUT2D eigenvalue weighted by Gasteiger charge is 2.26. The number of alkyl halides is 1. The molecular weight excluding hydrogens is 223 g/mol. The molecule has 9 heavy (non-hydrogen) atoms. The topological polar surface area (TPSA) is 0 Å². The average molecular weight is 238 g/mol. The van der Waals surface area contributed by atoms with Crippen LogP contribution in [0.3, 0.4) is 0 Å². The van der Waals surface area contributed by atoms with Crippen molar-refractivity contribution in [3.05, 3.63) is 0 Å². The van der Waals surface area contributed by atoms with E-state index in [9.17, 15) is 0 Å². The summed E-state index contributed by atoms with van der Waals surface area (Å²) in [6.07, 6.45) is 2.93. The molecule has 3 unspecified atom stereocenters. The van der Waals surface area contributed by atoms with Crippen LogP contribution in [0.25, 0.3) is 0 Å². The molecule has 0 N–H and O–H groups in total. The Labute approximate surface area is 67.8 Å². The van der Waals surface area contributed by atoms with E-state index < -0.39 is 0 Å². The molecule has 0 saturated heterocycles. The lowest BCUT2D eigenvalue weighted by molar-refractivity contribution is 0.559. The Morgan fingerprint density at radius 1 is 1.33 bits per heavy atom. The molecule has 54 valence electrons. The van der Waals surface area contributed by atoms with Crippen molar-refractivity contribution in [3.8, 4) is 0 Å². The smallest absolute Gasteiger partial charge is 0.00851 e. The van der Waals surface area contributed by atoms with Gasteiger partial charge < -0.3 is 0 Å². The fourth-order valence-corrected chi connectivity index (χ4v) is 4.10. The van der Waals surface area contributed by atoms with Gasteiger partial charge in [0, 0.05) is 3.92 Å². The van der Waals surface area contributed by atoms with Gasteiger partial charge >= 0.3 is 0 Å². The van der Waals surface area contributed by atoms with Gasteiger partial charge in [0.2, 0.25) is 0 Å². The van der Waals surface area contributed by atoms with E-state index in [1.165, 1.54) is 12.8 Å². The second kappa shape index (κ2) is 3.13. The molecule has 0 radical (unpaired) electrons. The zero-order valence-electron chi connectivity index (χ0n) is 6.23. The lowest BCUT2D eigenvalue weighted by atomic mass is 10.1. The van der Waals surface area contributed by atoms with Crippen LogP contribution in [0.15, 0.2) is 0 Å². The van der Waals surface area contributed by atoms with Crippen molar-refractivity contribution in [2.75, 3.05) is 0 Å². The van der Waals surface area contributed by atoms with Crippen LogP contribution >= 0.6 is 20.7 Å². The summed E-state index contributed by atoms with van der Waals surface area (Å²) in [5.74, 6) is 1.98. The second-order valence-electron chi connectivity index (χ2n) is 3.22. The molecule has 1 heteroatoms. The van der Waals surface area contributed by atoms with Gasteiger partial charge in [0.15, 0.2) is 0 Å². The molecule has 0 aliphatic heterocycles. The first-order chi connectivity index (χ1) is 4.24. The largest absolute Gasteiger partial charge is 0.127 e. The summed E-state index contributed by atoms with van der Waals surface area (Å²) in [5.41, 5.74) is 0. The monoisotopic (exact) mass is 238 g/mol. The van der Waals surface area contributed by atoms with Gasteiger partial charge in [-0.25, -0.2) is 0 Å². The van der Waals surface area contributed by atoms with Gasteiger partial charge in [-0.3, -0.25) is 0 Å². The highest BCUT2D eigenvalue weighted by molar-refractivity contribution is 14.2. The van der Waals surface area contributed by atoms with Crippen molar-refractivity contribution in [2.45, 2.75) is 30.6 Å². The van der Waals surface area contributed by atoms with Crippen LogP contribution in [0, 0.1) is 11.8 Å². The third-order valence-corrected chi connectivity index (χ3v) is 5.08. The molecule has 0 heterocycles. The van der Waals surface area contributed by atoms with Gasteiger partial charge in [-0.1, -0.05) is 18.4 Å². The van der Waals surface area contributed by atoms with Crippen molar-refractivity contribution in [1.82, 2.24) is 0 Å². The number of hydrogen-bond acceptors (Lipinski definition) is 0. The Hall–Kier alpha value is 0.600. The van der Waals surface area contributed by atoms with Gasteiger partial charge in [0.25, 0.3) is 0 Å². The van der Waals surface area contributed by atoms with E-state index >= 15 is 0 Å². The van der Waals surface area contributed by atoms with Crippen LogP contribution in [-0.2, 0) is 0 Å². The van der Waals surface area contributed by atoms with Crippen molar-refractivity contribution < 1.29 is 0 Å². The summed E-state index contributed by atoms with van der Waals surface area (Å²) < 4.78 is 5.10. The van der Waals surface area contributed by atoms with Crippen LogP contribution in [0.2, 0.25) is 0 Å². The molecule has 0 bridgehead atoms. The molecule has 1 aliphatic carbocycles. The van der Waals surface area contributed by atoms with E-state index in [0.29, 0.717) is 0 Å². The first kappa shape index (κ1) is 7.70. The minimum absolute atomic E-state index is 0.286. The number of rotatable bonds is 1. The highest BCUT2D eigenvalue weighted by atomic mass is 127. The molecule has 0 aromatic heterocycles. The predicted molar refractivity (Wildman–Crippen MR) is 52.5 cm³/mol. The van der Waals surface area contributed by atoms with Crippen molar-refractivity contribution in [2.24, 2.45) is 11.8 Å². The summed E-state index contributed by atoms with van der Waals surface area (Å²) in [5, 5.41) is 0. The third kappa shape index (κ3) is 1.76. The van der Waals surface area contributed by atoms with Crippen LogP contribution in [0.5, 0.6) is 0 Å². The Morgan fingerprint density at radius 3 is 2.22 bits per heavy atom. The molecule has 0 nitrogen and oxygen atoms in total. The van der Waals surface area contributed by atoms with Gasteiger partial charge in [-0.15, -0.1) is 20.7 Å². The lowest BCUT2D eigenvalue weighted by Gasteiger charge is -2.06. The standard InChI is InChI=1S/C8H15I/c1-6-4-7(2)8(5-6)9-3/h6-8H,3-5H2,1-2H3. The Bertz CT molecular complexity index is 109. The fourth-order valence-electron chi connectivity index (χ4n) is 1.71. The van der Waals surface area contributed by atoms with Crippen LogP contribution in [-0.4, -0.2) is 8.44 Å². The number of halogens is 1. The van der Waals surface area contributed by atoms with E-state index in [-0.39, 0.29) is 20.7 Å². The maximum absolute atomic E-state index is 4.06. The minimum atomic E-state index is 0.286. The average Bonchev–Trinajstić information content (AvgIpc) is 2.10. The summed E-state index contributed by atoms with van der Waals surface area (Å²) in [7, 11) is 0. The Kier molecular flexibility index (Phi) is 2.68. The molecule has 0 spiro atoms. The minimum Gasteiger partial charge on any atom is -0.127 e. The van der Waals surface area contributed by atoms with Gasteiger partial charge in [0.05, 0.1) is 0 Å². The summed E-state index contributed by atoms with van der Waals surface area (Å²) in [4.78, 5) is 0. The maximum Gasteiger partial charge on any atom is 0.00851 e. The molecule has 0 aromatic rings. The molecule has 1 rings (SSSR count). The number of hydrogen-bond donors (Lipinski definition) is 0. The molecule has 1 aliphatic rings. The van der Waals surface area contributed by atoms with Crippen molar-refractivity contribution in [3.63, 3.8) is 0 Å². The summed E-state index contributed by atoms with van der Waals surface area (Å²) in [6.45, 7) is 4.76. The zero-order valence-corrected chi connectivity index (χ0v) is 8.39. The summed E-state index contributed by atoms with van der Waals surface area (Å²) in [6, 6.07) is 0. The van der Waals surface area contributed by atoms with Gasteiger partial charge in [-0.05, 0) is 24.7 Å². The first-order valence-corrected chi connectivity index (χ1v) is 6.38. The van der Waals surface area contributed by atoms with Crippen molar-refractivity contribution in [1.29, 1.82) is 0 Å². The van der Waals surface area contributed by atoms with Crippen LogP contribution in [0.1, 0.15) is 26.7 Å². The van der Waals surface area contributed by atoms with E-state index in [2.05, 4.69) is 18.4 Å². The quantitative estimate of drug-likeness (QED) is 0.486. The third-order valence-electron chi connectivity index (χ3n) is 2.22. The molecule has 3 atom stereocenters. The van der Waals surface area contributed by atoms with E-state index in [4.69, 9.17) is 0 Å². The van der Waals surface area contributed by atoms with E-state index in [0.717, 1.165) is 15.8 Å². The molecule has 1 fully saturated rings. The van der Waals surface area contributed by atoms with Crippen LogP contribution in [0.4, 0.5) is 0 Å². The zero-order chi connectivity index (χ0) is 6.85. The van der Waals surface area contributed by atoms with Gasteiger partial charge in [0.1, 0.15) is 0 Å². The highest BCUT2D eigenvalue weighted by Crippen LogP contribution is 2.37. The van der Waals surface area contributed by atoms with Crippen molar-refractivity contribution >= 4 is 25.2 Å². The maximum atomic E-state index is 4.06. The Balaban J connectivity index is 2.47. The normalized spacial score (nSPS) is 43.6. The van der Waals surface area contributed by atoms with E-state index in [1.807, 2.05) is 0 Å². The Morgan fingerprint density at radius 2 is 2.00 bits per heavy atom. The first-order valence-electron chi connectivity index (χ1n) is 3.61. The molecule has 1 saturated carbocycles. The SMILES string of the molecule is C=IC1CC(C)CC1C. The molecule has 0 amide bonds. The van der Waals surface area contributed by atoms with E-state index in [1.54, 1.807) is 0 Å². The molecule has 0 aromatic carbocycles. The molecular formula is C8H15I. The predicted octanol–water partition coefficient (Wildman–Crippen LogP) is 2.82.